The highest BCUT2D eigenvalue weighted by atomic mass is 19.4. The van der Waals surface area contributed by atoms with E-state index >= 15 is 0 Å². The normalized spacial score (nSPS) is 14.3. The van der Waals surface area contributed by atoms with Crippen LogP contribution < -0.4 is 20.1 Å². The topological polar surface area (TPSA) is 88.5 Å². The quantitative estimate of drug-likeness (QED) is 0.759. The van der Waals surface area contributed by atoms with Crippen LogP contribution in [0.5, 0.6) is 11.5 Å². The highest BCUT2D eigenvalue weighted by molar-refractivity contribution is 5.62. The van der Waals surface area contributed by atoms with E-state index in [0.29, 0.717) is 17.2 Å². The average molecular weight is 356 g/mol. The van der Waals surface area contributed by atoms with Crippen LogP contribution in [0.15, 0.2) is 24.3 Å². The summed E-state index contributed by atoms with van der Waals surface area (Å²) in [7, 11) is 0. The first-order valence-corrected chi connectivity index (χ1v) is 7.35. The van der Waals surface area contributed by atoms with E-state index in [1.54, 1.807) is 25.1 Å². The van der Waals surface area contributed by atoms with Gasteiger partial charge in [-0.2, -0.15) is 18.2 Å². The number of aromatic nitrogens is 2. The monoisotopic (exact) mass is 356 g/mol. The number of nitrogens with zero attached hydrogens (tertiary/aromatic N) is 2. The molecular weight excluding hydrogens is 341 g/mol. The summed E-state index contributed by atoms with van der Waals surface area (Å²) in [5.74, 6) is 0.763. The number of aliphatic hydroxyl groups is 1. The van der Waals surface area contributed by atoms with Crippen molar-refractivity contribution in [2.45, 2.75) is 19.1 Å². The number of halogens is 3. The van der Waals surface area contributed by atoms with Crippen molar-refractivity contribution in [3.63, 3.8) is 0 Å². The molecule has 0 saturated heterocycles. The lowest BCUT2D eigenvalue weighted by molar-refractivity contribution is -0.141. The van der Waals surface area contributed by atoms with Gasteiger partial charge in [-0.25, -0.2) is 4.98 Å². The molecule has 1 aliphatic heterocycles. The minimum atomic E-state index is -4.63. The van der Waals surface area contributed by atoms with Crippen molar-refractivity contribution in [1.29, 1.82) is 0 Å². The van der Waals surface area contributed by atoms with Gasteiger partial charge in [-0.1, -0.05) is 0 Å². The highest BCUT2D eigenvalue weighted by Gasteiger charge is 2.34. The van der Waals surface area contributed by atoms with Gasteiger partial charge in [-0.15, -0.1) is 0 Å². The SMILES string of the molecule is C[C@@H](CO)Nc1nc(Nc2ccc3c(c2)OCO3)cc(C(F)(F)F)n1. The van der Waals surface area contributed by atoms with Gasteiger partial charge in [0.05, 0.1) is 6.61 Å². The number of nitrogens with one attached hydrogen (secondary N) is 2. The third kappa shape index (κ3) is 4.02. The van der Waals surface area contributed by atoms with Crippen molar-refractivity contribution in [3.05, 3.63) is 30.0 Å². The number of anilines is 3. The van der Waals surface area contributed by atoms with E-state index in [0.717, 1.165) is 6.07 Å². The lowest BCUT2D eigenvalue weighted by Crippen LogP contribution is -2.22. The first-order chi connectivity index (χ1) is 11.8. The van der Waals surface area contributed by atoms with Crippen LogP contribution in [0, 0.1) is 0 Å². The molecule has 1 aliphatic rings. The Morgan fingerprint density at radius 1 is 1.20 bits per heavy atom. The molecule has 0 saturated carbocycles. The van der Waals surface area contributed by atoms with E-state index in [1.165, 1.54) is 0 Å². The van der Waals surface area contributed by atoms with Crippen LogP contribution in [0.25, 0.3) is 0 Å². The average Bonchev–Trinajstić information content (AvgIpc) is 3.01. The van der Waals surface area contributed by atoms with Gasteiger partial charge in [0.1, 0.15) is 5.82 Å². The molecule has 25 heavy (non-hydrogen) atoms. The van der Waals surface area contributed by atoms with Gasteiger partial charge in [-0.05, 0) is 19.1 Å². The van der Waals surface area contributed by atoms with E-state index < -0.39 is 17.9 Å². The number of alkyl halides is 3. The van der Waals surface area contributed by atoms with Crippen LogP contribution in [-0.4, -0.2) is 34.5 Å². The van der Waals surface area contributed by atoms with E-state index in [-0.39, 0.29) is 25.2 Å². The minimum Gasteiger partial charge on any atom is -0.454 e. The van der Waals surface area contributed by atoms with Crippen molar-refractivity contribution >= 4 is 17.5 Å². The van der Waals surface area contributed by atoms with Gasteiger partial charge in [-0.3, -0.25) is 0 Å². The molecule has 10 heteroatoms. The number of rotatable bonds is 5. The number of fused-ring (bicyclic) bond motifs is 1. The zero-order valence-corrected chi connectivity index (χ0v) is 13.1. The largest absolute Gasteiger partial charge is 0.454 e. The number of hydrogen-bond acceptors (Lipinski definition) is 7. The zero-order chi connectivity index (χ0) is 18.0. The van der Waals surface area contributed by atoms with Crippen molar-refractivity contribution in [2.24, 2.45) is 0 Å². The summed E-state index contributed by atoms with van der Waals surface area (Å²) < 4.78 is 49.6. The molecule has 0 radical (unpaired) electrons. The van der Waals surface area contributed by atoms with Crippen molar-refractivity contribution in [2.75, 3.05) is 24.0 Å². The third-order valence-electron chi connectivity index (χ3n) is 3.31. The first kappa shape index (κ1) is 17.1. The smallest absolute Gasteiger partial charge is 0.433 e. The molecule has 1 atom stereocenters. The Labute approximate surface area is 140 Å². The summed E-state index contributed by atoms with van der Waals surface area (Å²) in [4.78, 5) is 7.46. The lowest BCUT2D eigenvalue weighted by atomic mass is 10.2. The Kier molecular flexibility index (Phi) is 4.53. The number of aliphatic hydroxyl groups excluding tert-OH is 1. The third-order valence-corrected chi connectivity index (χ3v) is 3.31. The van der Waals surface area contributed by atoms with Crippen LogP contribution in [-0.2, 0) is 6.18 Å². The van der Waals surface area contributed by atoms with Crippen molar-refractivity contribution in [1.82, 2.24) is 9.97 Å². The molecule has 3 rings (SSSR count). The van der Waals surface area contributed by atoms with Crippen LogP contribution >= 0.6 is 0 Å². The van der Waals surface area contributed by atoms with Gasteiger partial charge >= 0.3 is 6.18 Å². The molecule has 2 aromatic rings. The molecule has 0 unspecified atom stereocenters. The molecule has 0 bridgehead atoms. The van der Waals surface area contributed by atoms with Crippen LogP contribution in [0.3, 0.4) is 0 Å². The maximum Gasteiger partial charge on any atom is 0.433 e. The number of ether oxygens (including phenoxy) is 2. The Hall–Kier alpha value is -2.75. The second-order valence-electron chi connectivity index (χ2n) is 5.38. The Bertz CT molecular complexity index is 770. The van der Waals surface area contributed by atoms with Gasteiger partial charge in [0.15, 0.2) is 17.2 Å². The van der Waals surface area contributed by atoms with E-state index in [1.807, 2.05) is 0 Å². The molecule has 7 nitrogen and oxygen atoms in total. The van der Waals surface area contributed by atoms with Crippen LogP contribution in [0.4, 0.5) is 30.6 Å². The van der Waals surface area contributed by atoms with Gasteiger partial charge < -0.3 is 25.2 Å². The van der Waals surface area contributed by atoms with Gasteiger partial charge in [0, 0.05) is 23.9 Å². The summed E-state index contributed by atoms with van der Waals surface area (Å²) >= 11 is 0. The standard InChI is InChI=1S/C15H15F3N4O3/c1-8(6-23)19-14-21-12(15(16,17)18)5-13(22-14)20-9-2-3-10-11(4-9)25-7-24-10/h2-5,8,23H,6-7H2,1H3,(H2,19,20,21,22)/t8-/m0/s1. The summed E-state index contributed by atoms with van der Waals surface area (Å²) in [6.45, 7) is 1.41. The predicted molar refractivity (Wildman–Crippen MR) is 83.1 cm³/mol. The second kappa shape index (κ2) is 6.63. The van der Waals surface area contributed by atoms with E-state index in [2.05, 4.69) is 20.6 Å². The summed E-state index contributed by atoms with van der Waals surface area (Å²) in [6.07, 6.45) is -4.63. The summed E-state index contributed by atoms with van der Waals surface area (Å²) in [6, 6.07) is 5.18. The molecule has 1 aromatic heterocycles. The molecule has 0 amide bonds. The number of benzene rings is 1. The maximum absolute atomic E-state index is 13.1. The predicted octanol–water partition coefficient (Wildman–Crippen LogP) is 2.76. The highest BCUT2D eigenvalue weighted by Crippen LogP contribution is 2.35. The van der Waals surface area contributed by atoms with Crippen LogP contribution in [0.1, 0.15) is 12.6 Å². The fourth-order valence-electron chi connectivity index (χ4n) is 2.11. The Balaban J connectivity index is 1.90. The molecule has 134 valence electrons. The van der Waals surface area contributed by atoms with Crippen LogP contribution in [0.2, 0.25) is 0 Å². The molecule has 1 aromatic carbocycles. The van der Waals surface area contributed by atoms with E-state index in [4.69, 9.17) is 14.6 Å². The lowest BCUT2D eigenvalue weighted by Gasteiger charge is -2.15. The Morgan fingerprint density at radius 3 is 2.68 bits per heavy atom. The fraction of sp³-hybridized carbons (Fsp3) is 0.333. The maximum atomic E-state index is 13.1. The Morgan fingerprint density at radius 2 is 1.96 bits per heavy atom. The summed E-state index contributed by atoms with van der Waals surface area (Å²) in [5.41, 5.74) is -0.615. The van der Waals surface area contributed by atoms with Crippen molar-refractivity contribution < 1.29 is 27.8 Å². The van der Waals surface area contributed by atoms with E-state index in [9.17, 15) is 13.2 Å². The van der Waals surface area contributed by atoms with Gasteiger partial charge in [0.2, 0.25) is 12.7 Å². The molecule has 0 spiro atoms. The zero-order valence-electron chi connectivity index (χ0n) is 13.1. The fourth-order valence-corrected chi connectivity index (χ4v) is 2.11. The first-order valence-electron chi connectivity index (χ1n) is 7.35. The second-order valence-corrected chi connectivity index (χ2v) is 5.38. The number of hydrogen-bond donors (Lipinski definition) is 3. The molecule has 2 heterocycles. The van der Waals surface area contributed by atoms with Crippen molar-refractivity contribution in [3.8, 4) is 11.5 Å². The molecular formula is C15H15F3N4O3. The molecule has 0 aliphatic carbocycles. The molecule has 3 N–H and O–H groups in total. The minimum absolute atomic E-state index is 0.0474. The molecule has 0 fully saturated rings. The van der Waals surface area contributed by atoms with Gasteiger partial charge in [0.25, 0.3) is 0 Å². The summed E-state index contributed by atoms with van der Waals surface area (Å²) in [5, 5.41) is 14.4.